The fraction of sp³-hybridized carbons (Fsp3) is 0.318. The minimum atomic E-state index is -4.43. The lowest BCUT2D eigenvalue weighted by Gasteiger charge is -2.28. The molecule has 0 spiro atoms. The Balaban J connectivity index is 1.66. The molecule has 2 aromatic rings. The Morgan fingerprint density at radius 1 is 1.00 bits per heavy atom. The Labute approximate surface area is 177 Å². The van der Waals surface area contributed by atoms with E-state index in [2.05, 4.69) is 10.1 Å². The quantitative estimate of drug-likeness (QED) is 0.677. The van der Waals surface area contributed by atoms with Crippen molar-refractivity contribution in [2.24, 2.45) is 5.92 Å². The molecule has 9 heteroatoms. The van der Waals surface area contributed by atoms with Gasteiger partial charge in [-0.3, -0.25) is 19.3 Å². The van der Waals surface area contributed by atoms with E-state index in [9.17, 15) is 27.6 Å². The van der Waals surface area contributed by atoms with Crippen LogP contribution in [0.5, 0.6) is 5.75 Å². The van der Waals surface area contributed by atoms with Crippen molar-refractivity contribution in [2.45, 2.75) is 32.6 Å². The minimum Gasteiger partial charge on any atom is -0.484 e. The normalized spacial score (nSPS) is 14.6. The maximum atomic E-state index is 12.9. The Bertz CT molecular complexity index is 952. The molecule has 0 radical (unpaired) electrons. The molecule has 1 heterocycles. The number of hydrogen-bond acceptors (Lipinski definition) is 4. The van der Waals surface area contributed by atoms with Gasteiger partial charge in [-0.25, -0.2) is 0 Å². The van der Waals surface area contributed by atoms with Crippen LogP contribution in [0.15, 0.2) is 48.5 Å². The topological polar surface area (TPSA) is 75.7 Å². The van der Waals surface area contributed by atoms with Gasteiger partial charge >= 0.3 is 6.18 Å². The molecule has 2 aromatic carbocycles. The summed E-state index contributed by atoms with van der Waals surface area (Å²) < 4.78 is 41.3. The summed E-state index contributed by atoms with van der Waals surface area (Å²) in [6.07, 6.45) is -4.43. The van der Waals surface area contributed by atoms with Gasteiger partial charge in [0.1, 0.15) is 11.8 Å². The first kappa shape index (κ1) is 22.3. The number of halogens is 3. The number of rotatable bonds is 7. The maximum absolute atomic E-state index is 12.9. The van der Waals surface area contributed by atoms with Crippen molar-refractivity contribution >= 4 is 17.7 Å². The Kier molecular flexibility index (Phi) is 6.33. The lowest BCUT2D eigenvalue weighted by atomic mass is 10.0. The molecule has 6 nitrogen and oxygen atoms in total. The van der Waals surface area contributed by atoms with Crippen LogP contribution in [-0.4, -0.2) is 41.4 Å². The van der Waals surface area contributed by atoms with Crippen molar-refractivity contribution in [2.75, 3.05) is 6.61 Å². The largest absolute Gasteiger partial charge is 0.484 e. The first-order valence-electron chi connectivity index (χ1n) is 9.61. The van der Waals surface area contributed by atoms with E-state index in [1.165, 1.54) is 24.3 Å². The van der Waals surface area contributed by atoms with Gasteiger partial charge in [-0.2, -0.15) is 13.2 Å². The van der Waals surface area contributed by atoms with E-state index in [-0.39, 0.29) is 29.3 Å². The average molecular weight is 434 g/mol. The van der Waals surface area contributed by atoms with Gasteiger partial charge in [0, 0.05) is 6.54 Å². The molecular weight excluding hydrogens is 413 g/mol. The van der Waals surface area contributed by atoms with Crippen LogP contribution in [0.2, 0.25) is 0 Å². The molecule has 164 valence electrons. The van der Waals surface area contributed by atoms with Crippen molar-refractivity contribution in [3.8, 4) is 5.75 Å². The highest BCUT2D eigenvalue weighted by Gasteiger charge is 2.43. The summed E-state index contributed by atoms with van der Waals surface area (Å²) >= 11 is 0. The lowest BCUT2D eigenvalue weighted by molar-refractivity contribution is -0.153. The molecule has 0 saturated heterocycles. The SMILES string of the molecule is CC(C)C(C(=O)NCc1ccc(OCC(F)(F)F)cc1)N1C(=O)c2ccccc2C1=O. The van der Waals surface area contributed by atoms with E-state index in [0.717, 1.165) is 4.90 Å². The van der Waals surface area contributed by atoms with Crippen molar-refractivity contribution in [1.29, 1.82) is 0 Å². The Hall–Kier alpha value is -3.36. The first-order valence-corrected chi connectivity index (χ1v) is 9.61. The van der Waals surface area contributed by atoms with E-state index in [1.807, 2.05) is 0 Å². The van der Waals surface area contributed by atoms with Crippen LogP contribution >= 0.6 is 0 Å². The van der Waals surface area contributed by atoms with Gasteiger partial charge in [-0.05, 0) is 35.7 Å². The number of nitrogens with zero attached hydrogens (tertiary/aromatic N) is 1. The highest BCUT2D eigenvalue weighted by Crippen LogP contribution is 2.27. The third-order valence-corrected chi connectivity index (χ3v) is 4.80. The summed E-state index contributed by atoms with van der Waals surface area (Å²) in [6.45, 7) is 2.16. The van der Waals surface area contributed by atoms with E-state index in [1.54, 1.807) is 38.1 Å². The van der Waals surface area contributed by atoms with Crippen LogP contribution < -0.4 is 10.1 Å². The first-order chi connectivity index (χ1) is 14.6. The zero-order valence-corrected chi connectivity index (χ0v) is 16.9. The average Bonchev–Trinajstić information content (AvgIpc) is 2.96. The third-order valence-electron chi connectivity index (χ3n) is 4.80. The molecule has 1 aliphatic rings. The molecule has 0 aliphatic carbocycles. The van der Waals surface area contributed by atoms with Crippen molar-refractivity contribution in [3.63, 3.8) is 0 Å². The monoisotopic (exact) mass is 434 g/mol. The van der Waals surface area contributed by atoms with Crippen molar-refractivity contribution < 1.29 is 32.3 Å². The summed E-state index contributed by atoms with van der Waals surface area (Å²) in [5, 5.41) is 2.70. The molecule has 1 atom stereocenters. The van der Waals surface area contributed by atoms with Gasteiger partial charge in [-0.15, -0.1) is 0 Å². The summed E-state index contributed by atoms with van der Waals surface area (Å²) in [4.78, 5) is 39.3. The maximum Gasteiger partial charge on any atom is 0.422 e. The van der Waals surface area contributed by atoms with Crippen molar-refractivity contribution in [3.05, 3.63) is 65.2 Å². The fourth-order valence-corrected chi connectivity index (χ4v) is 3.34. The number of ether oxygens (including phenoxy) is 1. The van der Waals surface area contributed by atoms with Gasteiger partial charge in [0.15, 0.2) is 6.61 Å². The molecular formula is C22H21F3N2O4. The molecule has 3 rings (SSSR count). The zero-order valence-electron chi connectivity index (χ0n) is 16.9. The van der Waals surface area contributed by atoms with Crippen LogP contribution in [0.25, 0.3) is 0 Å². The van der Waals surface area contributed by atoms with E-state index in [4.69, 9.17) is 0 Å². The van der Waals surface area contributed by atoms with E-state index < -0.39 is 36.5 Å². The molecule has 1 N–H and O–H groups in total. The van der Waals surface area contributed by atoms with Gasteiger partial charge in [0.2, 0.25) is 5.91 Å². The number of fused-ring (bicyclic) bond motifs is 1. The fourth-order valence-electron chi connectivity index (χ4n) is 3.34. The smallest absolute Gasteiger partial charge is 0.422 e. The van der Waals surface area contributed by atoms with Crippen LogP contribution in [0.4, 0.5) is 13.2 Å². The minimum absolute atomic E-state index is 0.0542. The Morgan fingerprint density at radius 2 is 1.55 bits per heavy atom. The number of alkyl halides is 3. The lowest BCUT2D eigenvalue weighted by Crippen LogP contribution is -2.52. The summed E-state index contributed by atoms with van der Waals surface area (Å²) in [6, 6.07) is 11.2. The molecule has 31 heavy (non-hydrogen) atoms. The number of benzene rings is 2. The zero-order chi connectivity index (χ0) is 22.8. The van der Waals surface area contributed by atoms with Crippen molar-refractivity contribution in [1.82, 2.24) is 10.2 Å². The number of imide groups is 1. The van der Waals surface area contributed by atoms with Crippen LogP contribution in [0.1, 0.15) is 40.1 Å². The summed E-state index contributed by atoms with van der Waals surface area (Å²) in [5.41, 5.74) is 1.15. The number of hydrogen-bond donors (Lipinski definition) is 1. The molecule has 3 amide bonds. The highest BCUT2D eigenvalue weighted by atomic mass is 19.4. The molecule has 1 unspecified atom stereocenters. The summed E-state index contributed by atoms with van der Waals surface area (Å²) in [5.74, 6) is -1.80. The number of carbonyl (C=O) groups is 3. The van der Waals surface area contributed by atoms with Gasteiger partial charge in [0.25, 0.3) is 11.8 Å². The molecule has 0 saturated carbocycles. The van der Waals surface area contributed by atoms with Gasteiger partial charge in [-0.1, -0.05) is 38.1 Å². The second kappa shape index (κ2) is 8.79. The van der Waals surface area contributed by atoms with Crippen LogP contribution in [-0.2, 0) is 11.3 Å². The number of nitrogens with one attached hydrogen (secondary N) is 1. The predicted octanol–water partition coefficient (Wildman–Crippen LogP) is 3.56. The molecule has 1 aliphatic heterocycles. The molecule has 0 aromatic heterocycles. The van der Waals surface area contributed by atoms with Crippen LogP contribution in [0, 0.1) is 5.92 Å². The van der Waals surface area contributed by atoms with E-state index >= 15 is 0 Å². The third kappa shape index (κ3) is 5.04. The molecule has 0 fully saturated rings. The van der Waals surface area contributed by atoms with Crippen LogP contribution in [0.3, 0.4) is 0 Å². The summed E-state index contributed by atoms with van der Waals surface area (Å²) in [7, 11) is 0. The molecule has 0 bridgehead atoms. The highest BCUT2D eigenvalue weighted by molar-refractivity contribution is 6.22. The number of amides is 3. The van der Waals surface area contributed by atoms with E-state index in [0.29, 0.717) is 5.56 Å². The predicted molar refractivity (Wildman–Crippen MR) is 105 cm³/mol. The standard InChI is InChI=1S/C22H21F3N2O4/c1-13(2)18(27-20(29)16-5-3-4-6-17(16)21(27)30)19(28)26-11-14-7-9-15(10-8-14)31-12-22(23,24)25/h3-10,13,18H,11-12H2,1-2H3,(H,26,28). The number of carbonyl (C=O) groups excluding carboxylic acids is 3. The Morgan fingerprint density at radius 3 is 2.03 bits per heavy atom. The second-order valence-corrected chi connectivity index (χ2v) is 7.48. The second-order valence-electron chi connectivity index (χ2n) is 7.48. The van der Waals surface area contributed by atoms with Gasteiger partial charge in [0.05, 0.1) is 11.1 Å². The van der Waals surface area contributed by atoms with Gasteiger partial charge < -0.3 is 10.1 Å².